The first kappa shape index (κ1) is 17.9. The number of aryl methyl sites for hydroxylation is 1. The van der Waals surface area contributed by atoms with Crippen molar-refractivity contribution in [3.63, 3.8) is 0 Å². The molecule has 1 heterocycles. The van der Waals surface area contributed by atoms with Crippen LogP contribution < -0.4 is 21.1 Å². The number of amides is 1. The lowest BCUT2D eigenvalue weighted by atomic mass is 10.1. The van der Waals surface area contributed by atoms with Gasteiger partial charge in [-0.15, -0.1) is 0 Å². The van der Waals surface area contributed by atoms with Crippen LogP contribution in [0.25, 0.3) is 0 Å². The zero-order valence-corrected chi connectivity index (χ0v) is 14.8. The second-order valence-corrected chi connectivity index (χ2v) is 6.52. The fourth-order valence-electron chi connectivity index (χ4n) is 3.04. The number of nitrogens with one attached hydrogen (secondary N) is 3. The molecular formula is C20H24N4O2. The van der Waals surface area contributed by atoms with Gasteiger partial charge in [0, 0.05) is 25.1 Å². The summed E-state index contributed by atoms with van der Waals surface area (Å²) in [7, 11) is 0. The Morgan fingerprint density at radius 3 is 2.88 bits per heavy atom. The van der Waals surface area contributed by atoms with Crippen molar-refractivity contribution < 1.29 is 9.53 Å². The van der Waals surface area contributed by atoms with Crippen LogP contribution in [-0.2, 0) is 11.3 Å². The summed E-state index contributed by atoms with van der Waals surface area (Å²) in [5.41, 5.74) is 8.42. The van der Waals surface area contributed by atoms with Crippen LogP contribution in [0.2, 0.25) is 0 Å². The summed E-state index contributed by atoms with van der Waals surface area (Å²) in [4.78, 5) is 12.4. The molecule has 1 saturated heterocycles. The Bertz CT molecular complexity index is 806. The molecule has 1 aliphatic heterocycles. The molecule has 0 radical (unpaired) electrons. The Balaban J connectivity index is 1.52. The van der Waals surface area contributed by atoms with Gasteiger partial charge in [-0.2, -0.15) is 0 Å². The van der Waals surface area contributed by atoms with E-state index in [-0.39, 0.29) is 23.9 Å². The molecule has 3 rings (SSSR count). The highest BCUT2D eigenvalue weighted by Gasteiger charge is 2.30. The Labute approximate surface area is 153 Å². The third-order valence-electron chi connectivity index (χ3n) is 4.57. The van der Waals surface area contributed by atoms with Gasteiger partial charge in [0.1, 0.15) is 17.7 Å². The Morgan fingerprint density at radius 1 is 1.31 bits per heavy atom. The quantitative estimate of drug-likeness (QED) is 0.470. The Hall–Kier alpha value is -2.86. The van der Waals surface area contributed by atoms with Gasteiger partial charge in [-0.25, -0.2) is 0 Å². The van der Waals surface area contributed by atoms with Crippen LogP contribution in [0.5, 0.6) is 5.75 Å². The summed E-state index contributed by atoms with van der Waals surface area (Å²) >= 11 is 0. The van der Waals surface area contributed by atoms with Crippen molar-refractivity contribution in [2.45, 2.75) is 32.0 Å². The third-order valence-corrected chi connectivity index (χ3v) is 4.57. The number of carbonyl (C=O) groups is 1. The minimum absolute atomic E-state index is 0.00783. The molecule has 2 aromatic rings. The summed E-state index contributed by atoms with van der Waals surface area (Å²) < 4.78 is 5.93. The van der Waals surface area contributed by atoms with Gasteiger partial charge < -0.3 is 21.1 Å². The molecule has 0 unspecified atom stereocenters. The van der Waals surface area contributed by atoms with E-state index in [1.807, 2.05) is 37.3 Å². The van der Waals surface area contributed by atoms with Crippen molar-refractivity contribution in [2.24, 2.45) is 5.73 Å². The number of benzene rings is 2. The van der Waals surface area contributed by atoms with E-state index in [4.69, 9.17) is 15.9 Å². The van der Waals surface area contributed by atoms with Crippen LogP contribution >= 0.6 is 0 Å². The zero-order valence-electron chi connectivity index (χ0n) is 14.8. The van der Waals surface area contributed by atoms with Crippen LogP contribution in [0.4, 0.5) is 0 Å². The first-order valence-corrected chi connectivity index (χ1v) is 8.69. The van der Waals surface area contributed by atoms with E-state index in [2.05, 4.69) is 10.6 Å². The highest BCUT2D eigenvalue weighted by Crippen LogP contribution is 2.19. The Morgan fingerprint density at radius 2 is 2.12 bits per heavy atom. The average Bonchev–Trinajstić information content (AvgIpc) is 3.09. The van der Waals surface area contributed by atoms with E-state index in [0.717, 1.165) is 5.56 Å². The molecular weight excluding hydrogens is 328 g/mol. The lowest BCUT2D eigenvalue weighted by Crippen LogP contribution is -2.40. The van der Waals surface area contributed by atoms with E-state index < -0.39 is 0 Å². The zero-order chi connectivity index (χ0) is 18.5. The topological polar surface area (TPSA) is 100 Å². The molecule has 136 valence electrons. The van der Waals surface area contributed by atoms with Crippen molar-refractivity contribution in [1.29, 1.82) is 5.41 Å². The molecule has 2 aromatic carbocycles. The molecule has 2 atom stereocenters. The maximum absolute atomic E-state index is 12.4. The number of hydrogen-bond acceptors (Lipinski definition) is 4. The first-order valence-electron chi connectivity index (χ1n) is 8.69. The van der Waals surface area contributed by atoms with Crippen molar-refractivity contribution in [2.75, 3.05) is 6.54 Å². The summed E-state index contributed by atoms with van der Waals surface area (Å²) in [6.45, 7) is 3.16. The number of nitrogens with two attached hydrogens (primary N) is 1. The van der Waals surface area contributed by atoms with Crippen LogP contribution in [0.15, 0.2) is 48.5 Å². The summed E-state index contributed by atoms with van der Waals surface area (Å²) in [5, 5.41) is 13.7. The number of hydrogen-bond donors (Lipinski definition) is 4. The van der Waals surface area contributed by atoms with E-state index in [0.29, 0.717) is 30.8 Å². The molecule has 6 nitrogen and oxygen atoms in total. The molecule has 0 bridgehead atoms. The molecule has 26 heavy (non-hydrogen) atoms. The predicted molar refractivity (Wildman–Crippen MR) is 101 cm³/mol. The molecule has 5 N–H and O–H groups in total. The van der Waals surface area contributed by atoms with Crippen molar-refractivity contribution in [3.05, 3.63) is 65.2 Å². The third kappa shape index (κ3) is 4.40. The molecule has 6 heteroatoms. The largest absolute Gasteiger partial charge is 0.489 e. The molecule has 0 aliphatic carbocycles. The van der Waals surface area contributed by atoms with Crippen molar-refractivity contribution in [3.8, 4) is 5.75 Å². The van der Waals surface area contributed by atoms with Crippen LogP contribution in [0.1, 0.15) is 23.1 Å². The van der Waals surface area contributed by atoms with Crippen molar-refractivity contribution >= 4 is 11.7 Å². The van der Waals surface area contributed by atoms with Gasteiger partial charge in [0.15, 0.2) is 0 Å². The van der Waals surface area contributed by atoms with Gasteiger partial charge in [-0.05, 0) is 30.2 Å². The van der Waals surface area contributed by atoms with Gasteiger partial charge in [-0.3, -0.25) is 10.2 Å². The van der Waals surface area contributed by atoms with E-state index in [9.17, 15) is 4.79 Å². The summed E-state index contributed by atoms with van der Waals surface area (Å²) in [6.07, 6.45) is 0.510. The molecule has 1 fully saturated rings. The highest BCUT2D eigenvalue weighted by molar-refractivity contribution is 5.95. The van der Waals surface area contributed by atoms with Crippen LogP contribution in [-0.4, -0.2) is 30.4 Å². The number of ether oxygens (including phenoxy) is 1. The average molecular weight is 352 g/mol. The fraction of sp³-hybridized carbons (Fsp3) is 0.300. The normalized spacial score (nSPS) is 19.1. The second-order valence-electron chi connectivity index (χ2n) is 6.52. The first-order chi connectivity index (χ1) is 12.5. The Kier molecular flexibility index (Phi) is 5.53. The molecule has 0 saturated carbocycles. The lowest BCUT2D eigenvalue weighted by molar-refractivity contribution is -0.123. The minimum atomic E-state index is -0.264. The van der Waals surface area contributed by atoms with Gasteiger partial charge >= 0.3 is 0 Å². The van der Waals surface area contributed by atoms with Gasteiger partial charge in [0.2, 0.25) is 5.91 Å². The second kappa shape index (κ2) is 8.01. The predicted octanol–water partition coefficient (Wildman–Crippen LogP) is 1.70. The van der Waals surface area contributed by atoms with E-state index in [1.54, 1.807) is 18.2 Å². The number of amidine groups is 1. The number of nitrogen functional groups attached to an aromatic ring is 1. The smallest absolute Gasteiger partial charge is 0.237 e. The van der Waals surface area contributed by atoms with Gasteiger partial charge in [0.05, 0.1) is 6.04 Å². The lowest BCUT2D eigenvalue weighted by Gasteiger charge is -2.14. The van der Waals surface area contributed by atoms with Crippen LogP contribution in [0, 0.1) is 12.3 Å². The van der Waals surface area contributed by atoms with E-state index >= 15 is 0 Å². The fourth-order valence-corrected chi connectivity index (χ4v) is 3.04. The minimum Gasteiger partial charge on any atom is -0.489 e. The van der Waals surface area contributed by atoms with Crippen LogP contribution in [0.3, 0.4) is 0 Å². The van der Waals surface area contributed by atoms with Gasteiger partial charge in [-0.1, -0.05) is 36.4 Å². The molecule has 0 spiro atoms. The highest BCUT2D eigenvalue weighted by atomic mass is 16.5. The number of carbonyl (C=O) groups excluding carboxylic acids is 1. The number of rotatable bonds is 6. The van der Waals surface area contributed by atoms with E-state index in [1.165, 1.54) is 5.56 Å². The van der Waals surface area contributed by atoms with Crippen molar-refractivity contribution in [1.82, 2.24) is 10.6 Å². The summed E-state index contributed by atoms with van der Waals surface area (Å²) in [5.74, 6) is 0.649. The summed E-state index contributed by atoms with van der Waals surface area (Å²) in [6, 6.07) is 14.9. The standard InChI is InChI=1S/C20H24N4O2/c1-13-5-2-3-6-15(13)11-24-20(25)18-10-17(12-23-18)26-16-8-4-7-14(9-16)19(21)22/h2-9,17-18,23H,10-12H2,1H3,(H3,21,22)(H,24,25)/t17-,18+/m1/s1. The molecule has 0 aromatic heterocycles. The SMILES string of the molecule is Cc1ccccc1CNC(=O)[C@@H]1C[C@@H](Oc2cccc(C(=N)N)c2)CN1. The maximum Gasteiger partial charge on any atom is 0.237 e. The monoisotopic (exact) mass is 352 g/mol. The van der Waals surface area contributed by atoms with Gasteiger partial charge in [0.25, 0.3) is 0 Å². The molecule has 1 aliphatic rings. The molecule has 1 amide bonds. The maximum atomic E-state index is 12.4.